The van der Waals surface area contributed by atoms with Gasteiger partial charge in [-0.1, -0.05) is 17.7 Å². The van der Waals surface area contributed by atoms with Crippen LogP contribution in [0.3, 0.4) is 0 Å². The predicted molar refractivity (Wildman–Crippen MR) is 104 cm³/mol. The number of hydrogen-bond donors (Lipinski definition) is 3. The monoisotopic (exact) mass is 375 g/mol. The van der Waals surface area contributed by atoms with Crippen LogP contribution in [0.25, 0.3) is 0 Å². The summed E-state index contributed by atoms with van der Waals surface area (Å²) >= 11 is 11.0. The summed E-state index contributed by atoms with van der Waals surface area (Å²) in [5, 5.41) is 8.92. The second-order valence-corrected chi connectivity index (χ2v) is 6.47. The zero-order valence-corrected chi connectivity index (χ0v) is 15.4. The van der Waals surface area contributed by atoms with E-state index in [0.29, 0.717) is 21.8 Å². The van der Waals surface area contributed by atoms with Crippen molar-refractivity contribution in [3.8, 4) is 0 Å². The molecule has 0 unspecified atom stereocenters. The summed E-state index contributed by atoms with van der Waals surface area (Å²) in [4.78, 5) is 24.0. The fourth-order valence-corrected chi connectivity index (χ4v) is 2.42. The highest BCUT2D eigenvalue weighted by atomic mass is 35.5. The lowest BCUT2D eigenvalue weighted by Crippen LogP contribution is -2.34. The Bertz CT molecular complexity index is 791. The number of thiocarbonyl (C=S) groups is 1. The molecule has 25 heavy (non-hydrogen) atoms. The van der Waals surface area contributed by atoms with Crippen LogP contribution in [0.15, 0.2) is 48.5 Å². The van der Waals surface area contributed by atoms with E-state index in [1.54, 1.807) is 48.5 Å². The molecule has 0 saturated carbocycles. The van der Waals surface area contributed by atoms with E-state index in [-0.39, 0.29) is 23.0 Å². The number of nitrogens with one attached hydrogen (secondary N) is 3. The summed E-state index contributed by atoms with van der Waals surface area (Å²) in [5.41, 5.74) is 1.63. The smallest absolute Gasteiger partial charge is 0.257 e. The number of benzene rings is 2. The minimum absolute atomic E-state index is 0.0691. The van der Waals surface area contributed by atoms with E-state index >= 15 is 0 Å². The van der Waals surface area contributed by atoms with Crippen LogP contribution in [0, 0.1) is 0 Å². The fraction of sp³-hybridized carbons (Fsp3) is 0.167. The lowest BCUT2D eigenvalue weighted by Gasteiger charge is -2.11. The topological polar surface area (TPSA) is 70.2 Å². The Morgan fingerprint density at radius 3 is 2.28 bits per heavy atom. The normalized spacial score (nSPS) is 10.2. The van der Waals surface area contributed by atoms with Crippen LogP contribution in [-0.4, -0.2) is 23.0 Å². The first-order valence-corrected chi connectivity index (χ1v) is 8.42. The van der Waals surface area contributed by atoms with Crippen molar-refractivity contribution < 1.29 is 9.59 Å². The molecule has 7 heteroatoms. The summed E-state index contributed by atoms with van der Waals surface area (Å²) < 4.78 is 0. The Labute approximate surface area is 156 Å². The van der Waals surface area contributed by atoms with Crippen molar-refractivity contribution in [3.05, 3.63) is 64.7 Å². The van der Waals surface area contributed by atoms with Crippen molar-refractivity contribution in [1.29, 1.82) is 0 Å². The molecule has 0 fully saturated rings. The molecule has 0 spiro atoms. The van der Waals surface area contributed by atoms with Crippen LogP contribution >= 0.6 is 23.8 Å². The van der Waals surface area contributed by atoms with Crippen LogP contribution in [0.5, 0.6) is 0 Å². The van der Waals surface area contributed by atoms with Crippen LogP contribution in [-0.2, 0) is 0 Å². The third-order valence-corrected chi connectivity index (χ3v) is 3.58. The average Bonchev–Trinajstić information content (AvgIpc) is 2.54. The molecule has 2 rings (SSSR count). The molecular weight excluding hydrogens is 358 g/mol. The van der Waals surface area contributed by atoms with Gasteiger partial charge in [-0.3, -0.25) is 14.9 Å². The van der Waals surface area contributed by atoms with Crippen molar-refractivity contribution in [2.75, 3.05) is 5.32 Å². The average molecular weight is 376 g/mol. The van der Waals surface area contributed by atoms with Gasteiger partial charge in [-0.25, -0.2) is 0 Å². The van der Waals surface area contributed by atoms with Gasteiger partial charge in [0.2, 0.25) is 0 Å². The van der Waals surface area contributed by atoms with Gasteiger partial charge >= 0.3 is 0 Å². The number of carbonyl (C=O) groups is 2. The Balaban J connectivity index is 1.94. The Hall–Kier alpha value is -2.44. The maximum Gasteiger partial charge on any atom is 0.257 e. The highest BCUT2D eigenvalue weighted by molar-refractivity contribution is 7.80. The van der Waals surface area contributed by atoms with Gasteiger partial charge in [0.1, 0.15) is 0 Å². The van der Waals surface area contributed by atoms with Gasteiger partial charge in [0.25, 0.3) is 11.8 Å². The molecule has 0 atom stereocenters. The number of halogens is 1. The van der Waals surface area contributed by atoms with Gasteiger partial charge in [-0.15, -0.1) is 0 Å². The van der Waals surface area contributed by atoms with E-state index in [0.717, 1.165) is 0 Å². The van der Waals surface area contributed by atoms with E-state index in [2.05, 4.69) is 16.0 Å². The minimum atomic E-state index is -0.354. The molecule has 2 amide bonds. The fourth-order valence-electron chi connectivity index (χ4n) is 2.02. The third-order valence-electron chi connectivity index (χ3n) is 3.14. The van der Waals surface area contributed by atoms with Gasteiger partial charge < -0.3 is 10.6 Å². The van der Waals surface area contributed by atoms with Gasteiger partial charge in [-0.2, -0.15) is 0 Å². The molecule has 0 radical (unpaired) electrons. The highest BCUT2D eigenvalue weighted by Crippen LogP contribution is 2.12. The second-order valence-electron chi connectivity index (χ2n) is 5.62. The molecule has 3 N–H and O–H groups in total. The van der Waals surface area contributed by atoms with E-state index in [1.807, 2.05) is 13.8 Å². The van der Waals surface area contributed by atoms with E-state index < -0.39 is 0 Å². The Kier molecular flexibility index (Phi) is 6.50. The molecule has 0 aliphatic carbocycles. The van der Waals surface area contributed by atoms with Crippen molar-refractivity contribution in [2.24, 2.45) is 0 Å². The highest BCUT2D eigenvalue weighted by Gasteiger charge is 2.09. The number of rotatable bonds is 4. The van der Waals surface area contributed by atoms with Crippen LogP contribution in [0.4, 0.5) is 5.69 Å². The first-order chi connectivity index (χ1) is 11.8. The summed E-state index contributed by atoms with van der Waals surface area (Å²) in [6.45, 7) is 3.80. The van der Waals surface area contributed by atoms with Gasteiger partial charge in [0, 0.05) is 27.9 Å². The lowest BCUT2D eigenvalue weighted by molar-refractivity contribution is 0.0941. The van der Waals surface area contributed by atoms with E-state index in [4.69, 9.17) is 23.8 Å². The molecule has 0 aromatic heterocycles. The zero-order valence-electron chi connectivity index (χ0n) is 13.8. The lowest BCUT2D eigenvalue weighted by atomic mass is 10.2. The number of amides is 2. The van der Waals surface area contributed by atoms with Gasteiger partial charge in [0.15, 0.2) is 5.11 Å². The van der Waals surface area contributed by atoms with Gasteiger partial charge in [0.05, 0.1) is 0 Å². The second kappa shape index (κ2) is 8.60. The van der Waals surface area contributed by atoms with Crippen LogP contribution in [0.2, 0.25) is 5.02 Å². The van der Waals surface area contributed by atoms with E-state index in [1.165, 1.54) is 0 Å². The maximum atomic E-state index is 12.1. The van der Waals surface area contributed by atoms with Crippen molar-refractivity contribution in [2.45, 2.75) is 19.9 Å². The third kappa shape index (κ3) is 5.85. The van der Waals surface area contributed by atoms with Gasteiger partial charge in [-0.05, 0) is 68.5 Å². The summed E-state index contributed by atoms with van der Waals surface area (Å²) in [6, 6.07) is 13.4. The molecule has 0 bridgehead atoms. The van der Waals surface area contributed by atoms with Crippen LogP contribution in [0.1, 0.15) is 34.6 Å². The first kappa shape index (κ1) is 18.9. The summed E-state index contributed by atoms with van der Waals surface area (Å²) in [6.07, 6.45) is 0. The van der Waals surface area contributed by atoms with Crippen LogP contribution < -0.4 is 16.0 Å². The number of hydrogen-bond acceptors (Lipinski definition) is 3. The SMILES string of the molecule is CC(C)NC(=O)c1ccc(NC(=S)NC(=O)c2cccc(Cl)c2)cc1. The Morgan fingerprint density at radius 2 is 1.68 bits per heavy atom. The molecule has 2 aromatic carbocycles. The number of anilines is 1. The van der Waals surface area contributed by atoms with E-state index in [9.17, 15) is 9.59 Å². The maximum absolute atomic E-state index is 12.1. The molecule has 0 aliphatic heterocycles. The molecule has 0 heterocycles. The molecule has 0 saturated heterocycles. The quantitative estimate of drug-likeness (QED) is 0.714. The summed E-state index contributed by atoms with van der Waals surface area (Å²) in [5.74, 6) is -0.494. The molecule has 130 valence electrons. The Morgan fingerprint density at radius 1 is 1.00 bits per heavy atom. The molecule has 2 aromatic rings. The molecular formula is C18H18ClN3O2S. The number of carbonyl (C=O) groups excluding carboxylic acids is 2. The molecule has 5 nitrogen and oxygen atoms in total. The summed E-state index contributed by atoms with van der Waals surface area (Å²) in [7, 11) is 0. The standard InChI is InChI=1S/C18H18ClN3O2S/c1-11(2)20-16(23)12-6-8-15(9-7-12)21-18(25)22-17(24)13-4-3-5-14(19)10-13/h3-11H,1-2H3,(H,20,23)(H2,21,22,24,25). The van der Waals surface area contributed by atoms with Crippen molar-refractivity contribution in [3.63, 3.8) is 0 Å². The minimum Gasteiger partial charge on any atom is -0.350 e. The first-order valence-electron chi connectivity index (χ1n) is 7.64. The molecule has 0 aliphatic rings. The zero-order chi connectivity index (χ0) is 18.4. The van der Waals surface area contributed by atoms with Crippen molar-refractivity contribution >= 4 is 46.4 Å². The predicted octanol–water partition coefficient (Wildman–Crippen LogP) is 3.61. The van der Waals surface area contributed by atoms with Crippen molar-refractivity contribution in [1.82, 2.24) is 10.6 Å². The largest absolute Gasteiger partial charge is 0.350 e.